The number of hydrogen-bond acceptors (Lipinski definition) is 2. The molecule has 0 unspecified atom stereocenters. The first-order chi connectivity index (χ1) is 11.0. The lowest BCUT2D eigenvalue weighted by Gasteiger charge is -2.18. The summed E-state index contributed by atoms with van der Waals surface area (Å²) in [6.45, 7) is 12.3. The lowest BCUT2D eigenvalue weighted by Crippen LogP contribution is -2.34. The van der Waals surface area contributed by atoms with Crippen LogP contribution < -0.4 is 5.32 Å². The van der Waals surface area contributed by atoms with E-state index in [2.05, 4.69) is 56.1 Å². The quantitative estimate of drug-likeness (QED) is 0.837. The number of likely N-dealkylation sites (N-methyl/N-ethyl adjacent to an activating group) is 1. The fraction of sp³-hybridized carbons (Fsp3) is 0.450. The summed E-state index contributed by atoms with van der Waals surface area (Å²) in [5, 5.41) is 5.32. The van der Waals surface area contributed by atoms with Gasteiger partial charge >= 0.3 is 0 Å². The van der Waals surface area contributed by atoms with E-state index in [-0.39, 0.29) is 5.91 Å². The molecule has 0 saturated heterocycles. The van der Waals surface area contributed by atoms with E-state index in [0.717, 1.165) is 30.6 Å². The third kappa shape index (κ3) is 4.55. The Morgan fingerprint density at radius 3 is 2.35 bits per heavy atom. The molecule has 0 radical (unpaired) electrons. The van der Waals surface area contributed by atoms with Crippen molar-refractivity contribution in [1.82, 2.24) is 10.2 Å². The first-order valence-electron chi connectivity index (χ1n) is 8.59. The molecule has 1 N–H and O–H groups in total. The van der Waals surface area contributed by atoms with Gasteiger partial charge in [0.25, 0.3) is 5.91 Å². The first-order valence-corrected chi connectivity index (χ1v) is 8.59. The number of hydrogen-bond donors (Lipinski definition) is 1. The Labute approximate surface area is 139 Å². The molecule has 0 fully saturated rings. The Kier molecular flexibility index (Phi) is 6.17. The van der Waals surface area contributed by atoms with Crippen LogP contribution in [0.3, 0.4) is 0 Å². The monoisotopic (exact) mass is 312 g/mol. The van der Waals surface area contributed by atoms with Gasteiger partial charge in [0.15, 0.2) is 0 Å². The molecule has 0 heterocycles. The highest BCUT2D eigenvalue weighted by molar-refractivity contribution is 5.98. The molecule has 1 amide bonds. The smallest absolute Gasteiger partial charge is 0.251 e. The summed E-state index contributed by atoms with van der Waals surface area (Å²) in [4.78, 5) is 14.6. The minimum atomic E-state index is 0.00647. The maximum Gasteiger partial charge on any atom is 0.251 e. The Bertz CT molecular complexity index is 660. The SMILES string of the molecule is CCN(CC)CCNC(=O)c1ccc2cc(C(C)C)ccc2c1. The van der Waals surface area contributed by atoms with Gasteiger partial charge in [-0.2, -0.15) is 0 Å². The zero-order chi connectivity index (χ0) is 16.8. The molecule has 2 aromatic rings. The topological polar surface area (TPSA) is 32.3 Å². The molecule has 2 aromatic carbocycles. The first kappa shape index (κ1) is 17.5. The molecule has 0 aromatic heterocycles. The van der Waals surface area contributed by atoms with E-state index in [0.29, 0.717) is 12.5 Å². The van der Waals surface area contributed by atoms with Gasteiger partial charge in [-0.05, 0) is 47.5 Å². The van der Waals surface area contributed by atoms with Gasteiger partial charge in [0.1, 0.15) is 0 Å². The molecule has 2 rings (SSSR count). The van der Waals surface area contributed by atoms with Crippen molar-refractivity contribution in [3.63, 3.8) is 0 Å². The summed E-state index contributed by atoms with van der Waals surface area (Å²) in [7, 11) is 0. The summed E-state index contributed by atoms with van der Waals surface area (Å²) in [5.74, 6) is 0.523. The Balaban J connectivity index is 2.05. The van der Waals surface area contributed by atoms with Gasteiger partial charge in [-0.15, -0.1) is 0 Å². The summed E-state index contributed by atoms with van der Waals surface area (Å²) < 4.78 is 0. The third-order valence-corrected chi connectivity index (χ3v) is 4.40. The van der Waals surface area contributed by atoms with Crippen LogP contribution in [0.5, 0.6) is 0 Å². The van der Waals surface area contributed by atoms with Crippen molar-refractivity contribution in [2.75, 3.05) is 26.2 Å². The fourth-order valence-electron chi connectivity index (χ4n) is 2.73. The van der Waals surface area contributed by atoms with E-state index in [1.807, 2.05) is 18.2 Å². The second-order valence-electron chi connectivity index (χ2n) is 6.26. The van der Waals surface area contributed by atoms with Gasteiger partial charge in [-0.3, -0.25) is 4.79 Å². The molecular weight excluding hydrogens is 284 g/mol. The van der Waals surface area contributed by atoms with E-state index in [4.69, 9.17) is 0 Å². The van der Waals surface area contributed by atoms with Crippen LogP contribution in [-0.4, -0.2) is 37.0 Å². The summed E-state index contributed by atoms with van der Waals surface area (Å²) >= 11 is 0. The minimum absolute atomic E-state index is 0.00647. The normalized spacial score (nSPS) is 11.4. The van der Waals surface area contributed by atoms with Crippen LogP contribution in [0, 0.1) is 0 Å². The molecule has 0 aliphatic heterocycles. The zero-order valence-electron chi connectivity index (χ0n) is 14.7. The van der Waals surface area contributed by atoms with Crippen molar-refractivity contribution < 1.29 is 4.79 Å². The van der Waals surface area contributed by atoms with Crippen LogP contribution >= 0.6 is 0 Å². The number of benzene rings is 2. The van der Waals surface area contributed by atoms with Crippen LogP contribution in [0.15, 0.2) is 36.4 Å². The molecular formula is C20H28N2O. The molecule has 0 bridgehead atoms. The average Bonchev–Trinajstić information content (AvgIpc) is 2.57. The summed E-state index contributed by atoms with van der Waals surface area (Å²) in [6.07, 6.45) is 0. The predicted molar refractivity (Wildman–Crippen MR) is 98.2 cm³/mol. The predicted octanol–water partition coefficient (Wildman–Crippen LogP) is 4.03. The Hall–Kier alpha value is -1.87. The van der Waals surface area contributed by atoms with Crippen molar-refractivity contribution in [3.8, 4) is 0 Å². The van der Waals surface area contributed by atoms with Gasteiger partial charge in [-0.1, -0.05) is 52.0 Å². The van der Waals surface area contributed by atoms with Crippen LogP contribution in [-0.2, 0) is 0 Å². The van der Waals surface area contributed by atoms with E-state index in [9.17, 15) is 4.79 Å². The molecule has 3 heteroatoms. The molecule has 0 saturated carbocycles. The molecule has 0 aliphatic carbocycles. The second-order valence-corrected chi connectivity index (χ2v) is 6.26. The van der Waals surface area contributed by atoms with Crippen LogP contribution in [0.1, 0.15) is 49.5 Å². The standard InChI is InChI=1S/C20H28N2O/c1-5-22(6-2)12-11-21-20(23)19-10-9-17-13-16(15(3)4)7-8-18(17)14-19/h7-10,13-15H,5-6,11-12H2,1-4H3,(H,21,23). The lowest BCUT2D eigenvalue weighted by molar-refractivity contribution is 0.0949. The van der Waals surface area contributed by atoms with Gasteiger partial charge in [0, 0.05) is 18.7 Å². The van der Waals surface area contributed by atoms with Crippen LogP contribution in [0.2, 0.25) is 0 Å². The molecule has 3 nitrogen and oxygen atoms in total. The van der Waals surface area contributed by atoms with E-state index >= 15 is 0 Å². The number of fused-ring (bicyclic) bond motifs is 1. The molecule has 124 valence electrons. The fourth-order valence-corrected chi connectivity index (χ4v) is 2.73. The van der Waals surface area contributed by atoms with Crippen molar-refractivity contribution in [2.45, 2.75) is 33.6 Å². The number of carbonyl (C=O) groups excluding carboxylic acids is 1. The second kappa shape index (κ2) is 8.11. The van der Waals surface area contributed by atoms with E-state index < -0.39 is 0 Å². The number of rotatable bonds is 7. The minimum Gasteiger partial charge on any atom is -0.351 e. The van der Waals surface area contributed by atoms with Crippen molar-refractivity contribution in [1.29, 1.82) is 0 Å². The van der Waals surface area contributed by atoms with Crippen molar-refractivity contribution >= 4 is 16.7 Å². The maximum atomic E-state index is 12.3. The number of carbonyl (C=O) groups is 1. The van der Waals surface area contributed by atoms with Gasteiger partial charge < -0.3 is 10.2 Å². The number of nitrogens with zero attached hydrogens (tertiary/aromatic N) is 1. The molecule has 0 atom stereocenters. The molecule has 0 spiro atoms. The van der Waals surface area contributed by atoms with Gasteiger partial charge in [-0.25, -0.2) is 0 Å². The summed E-state index contributed by atoms with van der Waals surface area (Å²) in [6, 6.07) is 12.4. The highest BCUT2D eigenvalue weighted by Gasteiger charge is 2.08. The van der Waals surface area contributed by atoms with E-state index in [1.165, 1.54) is 10.9 Å². The molecule has 23 heavy (non-hydrogen) atoms. The third-order valence-electron chi connectivity index (χ3n) is 4.40. The maximum absolute atomic E-state index is 12.3. The van der Waals surface area contributed by atoms with Crippen molar-refractivity contribution in [2.24, 2.45) is 0 Å². The van der Waals surface area contributed by atoms with Gasteiger partial charge in [0.2, 0.25) is 0 Å². The van der Waals surface area contributed by atoms with E-state index in [1.54, 1.807) is 0 Å². The largest absolute Gasteiger partial charge is 0.351 e. The van der Waals surface area contributed by atoms with Gasteiger partial charge in [0.05, 0.1) is 0 Å². The highest BCUT2D eigenvalue weighted by Crippen LogP contribution is 2.22. The Morgan fingerprint density at radius 2 is 1.70 bits per heavy atom. The summed E-state index contributed by atoms with van der Waals surface area (Å²) in [5.41, 5.74) is 2.06. The number of amides is 1. The van der Waals surface area contributed by atoms with Crippen molar-refractivity contribution in [3.05, 3.63) is 47.5 Å². The Morgan fingerprint density at radius 1 is 1.04 bits per heavy atom. The number of nitrogens with one attached hydrogen (secondary N) is 1. The van der Waals surface area contributed by atoms with Crippen LogP contribution in [0.4, 0.5) is 0 Å². The lowest BCUT2D eigenvalue weighted by atomic mass is 9.98. The molecule has 0 aliphatic rings. The average molecular weight is 312 g/mol. The highest BCUT2D eigenvalue weighted by atomic mass is 16.1. The zero-order valence-corrected chi connectivity index (χ0v) is 14.7. The van der Waals surface area contributed by atoms with Crippen LogP contribution in [0.25, 0.3) is 10.8 Å².